The van der Waals surface area contributed by atoms with Gasteiger partial charge >= 0.3 is 0 Å². The molecule has 0 bridgehead atoms. The molecule has 3 aromatic carbocycles. The van der Waals surface area contributed by atoms with E-state index in [-0.39, 0.29) is 17.3 Å². The average Bonchev–Trinajstić information content (AvgIpc) is 2.92. The number of hydrogen-bond acceptors (Lipinski definition) is 6. The highest BCUT2D eigenvalue weighted by atomic mass is 32.2. The molecule has 2 heterocycles. The minimum absolute atomic E-state index is 0.0806. The summed E-state index contributed by atoms with van der Waals surface area (Å²) < 4.78 is 42.4. The number of rotatable bonds is 7. The third-order valence-electron chi connectivity index (χ3n) is 6.04. The van der Waals surface area contributed by atoms with Gasteiger partial charge in [0.2, 0.25) is 5.95 Å². The molecule has 0 saturated carbocycles. The first kappa shape index (κ1) is 23.2. The van der Waals surface area contributed by atoms with E-state index in [1.165, 1.54) is 0 Å². The molecule has 0 unspecified atom stereocenters. The number of anilines is 2. The van der Waals surface area contributed by atoms with Crippen molar-refractivity contribution in [3.8, 4) is 11.1 Å². The largest absolute Gasteiger partial charge is 0.338 e. The smallest absolute Gasteiger partial charge is 0.265 e. The third-order valence-corrected chi connectivity index (χ3v) is 7.85. The van der Waals surface area contributed by atoms with Gasteiger partial charge in [0, 0.05) is 31.6 Å². The zero-order chi connectivity index (χ0) is 24.3. The standard InChI is InChI=1S/C26H26FN5O2S/c27-14-17-32(35(33,34)22-12-10-21(11-13-22)20-6-2-1-3-7-20)25-23-8-4-5-9-24(23)29-26(30-25)31-18-15-28-16-19-31/h1-13,28H,14-19H2. The molecule has 1 aromatic heterocycles. The molecule has 1 fully saturated rings. The number of aromatic nitrogens is 2. The van der Waals surface area contributed by atoms with E-state index in [0.717, 1.165) is 28.5 Å². The van der Waals surface area contributed by atoms with E-state index >= 15 is 0 Å². The predicted molar refractivity (Wildman–Crippen MR) is 137 cm³/mol. The lowest BCUT2D eigenvalue weighted by atomic mass is 10.1. The van der Waals surface area contributed by atoms with Crippen molar-refractivity contribution in [1.29, 1.82) is 0 Å². The Hall–Kier alpha value is -3.56. The topological polar surface area (TPSA) is 78.4 Å². The van der Waals surface area contributed by atoms with Gasteiger partial charge in [-0.05, 0) is 35.4 Å². The molecule has 0 radical (unpaired) electrons. The SMILES string of the molecule is O=S(=O)(c1ccc(-c2ccccc2)cc1)N(CCF)c1nc(N2CCNCC2)nc2ccccc12. The molecule has 4 aromatic rings. The minimum atomic E-state index is -4.08. The fraction of sp³-hybridized carbons (Fsp3) is 0.231. The Morgan fingerprint density at radius 2 is 1.51 bits per heavy atom. The highest BCUT2D eigenvalue weighted by molar-refractivity contribution is 7.92. The number of halogens is 1. The summed E-state index contributed by atoms with van der Waals surface area (Å²) in [5.41, 5.74) is 2.50. The van der Waals surface area contributed by atoms with Crippen LogP contribution < -0.4 is 14.5 Å². The van der Waals surface area contributed by atoms with Crippen LogP contribution in [-0.2, 0) is 10.0 Å². The van der Waals surface area contributed by atoms with Gasteiger partial charge in [-0.15, -0.1) is 0 Å². The lowest BCUT2D eigenvalue weighted by Gasteiger charge is -2.29. The van der Waals surface area contributed by atoms with Gasteiger partial charge < -0.3 is 10.2 Å². The summed E-state index contributed by atoms with van der Waals surface area (Å²) >= 11 is 0. The Labute approximate surface area is 204 Å². The minimum Gasteiger partial charge on any atom is -0.338 e. The van der Waals surface area contributed by atoms with Gasteiger partial charge in [0.05, 0.1) is 17.0 Å². The Morgan fingerprint density at radius 3 is 2.23 bits per heavy atom. The molecule has 35 heavy (non-hydrogen) atoms. The van der Waals surface area contributed by atoms with E-state index < -0.39 is 16.7 Å². The van der Waals surface area contributed by atoms with Crippen LogP contribution in [0, 0.1) is 0 Å². The second-order valence-electron chi connectivity index (χ2n) is 8.26. The number of para-hydroxylation sites is 1. The summed E-state index contributed by atoms with van der Waals surface area (Å²) in [6.07, 6.45) is 0. The van der Waals surface area contributed by atoms with Crippen molar-refractivity contribution < 1.29 is 12.8 Å². The van der Waals surface area contributed by atoms with Crippen molar-refractivity contribution in [2.24, 2.45) is 0 Å². The van der Waals surface area contributed by atoms with Crippen molar-refractivity contribution in [1.82, 2.24) is 15.3 Å². The number of alkyl halides is 1. The van der Waals surface area contributed by atoms with Crippen LogP contribution in [0.5, 0.6) is 0 Å². The van der Waals surface area contributed by atoms with Gasteiger partial charge in [-0.1, -0.05) is 54.6 Å². The quantitative estimate of drug-likeness (QED) is 0.423. The van der Waals surface area contributed by atoms with Crippen LogP contribution in [0.4, 0.5) is 16.2 Å². The van der Waals surface area contributed by atoms with E-state index in [1.54, 1.807) is 36.4 Å². The van der Waals surface area contributed by atoms with Crippen molar-refractivity contribution in [2.45, 2.75) is 4.90 Å². The molecule has 1 aliphatic rings. The summed E-state index contributed by atoms with van der Waals surface area (Å²) in [5.74, 6) is 0.632. The predicted octanol–water partition coefficient (Wildman–Crippen LogP) is 3.87. The summed E-state index contributed by atoms with van der Waals surface area (Å²) in [4.78, 5) is 11.4. The Kier molecular flexibility index (Phi) is 6.61. The maximum atomic E-state index is 13.8. The average molecular weight is 492 g/mol. The Balaban J connectivity index is 1.58. The summed E-state index contributed by atoms with van der Waals surface area (Å²) in [6, 6.07) is 23.6. The van der Waals surface area contributed by atoms with E-state index in [4.69, 9.17) is 0 Å². The molecule has 0 amide bonds. The maximum absolute atomic E-state index is 13.8. The molecule has 5 rings (SSSR count). The van der Waals surface area contributed by atoms with E-state index in [0.29, 0.717) is 29.9 Å². The van der Waals surface area contributed by atoms with Crippen molar-refractivity contribution in [3.05, 3.63) is 78.9 Å². The normalized spacial score (nSPS) is 14.3. The van der Waals surface area contributed by atoms with Crippen LogP contribution >= 0.6 is 0 Å². The van der Waals surface area contributed by atoms with E-state index in [1.807, 2.05) is 47.4 Å². The second kappa shape index (κ2) is 9.97. The lowest BCUT2D eigenvalue weighted by molar-refractivity contribution is 0.499. The molecule has 0 spiro atoms. The number of piperazine rings is 1. The maximum Gasteiger partial charge on any atom is 0.265 e. The molecule has 9 heteroatoms. The van der Waals surface area contributed by atoms with Gasteiger partial charge in [0.25, 0.3) is 10.0 Å². The molecular weight excluding hydrogens is 465 g/mol. The van der Waals surface area contributed by atoms with Crippen LogP contribution in [0.3, 0.4) is 0 Å². The molecule has 1 saturated heterocycles. The van der Waals surface area contributed by atoms with Crippen LogP contribution in [0.1, 0.15) is 0 Å². The van der Waals surface area contributed by atoms with Crippen molar-refractivity contribution >= 4 is 32.7 Å². The van der Waals surface area contributed by atoms with E-state index in [2.05, 4.69) is 15.3 Å². The first-order valence-corrected chi connectivity index (χ1v) is 13.0. The molecule has 0 aliphatic carbocycles. The molecule has 0 atom stereocenters. The number of fused-ring (bicyclic) bond motifs is 1. The molecular formula is C26H26FN5O2S. The van der Waals surface area contributed by atoms with Gasteiger partial charge in [-0.3, -0.25) is 0 Å². The first-order chi connectivity index (χ1) is 17.1. The zero-order valence-electron chi connectivity index (χ0n) is 19.1. The van der Waals surface area contributed by atoms with Gasteiger partial charge in [0.15, 0.2) is 5.82 Å². The van der Waals surface area contributed by atoms with Gasteiger partial charge in [-0.2, -0.15) is 4.98 Å². The summed E-state index contributed by atoms with van der Waals surface area (Å²) in [7, 11) is -4.08. The lowest BCUT2D eigenvalue weighted by Crippen LogP contribution is -2.44. The molecule has 1 N–H and O–H groups in total. The monoisotopic (exact) mass is 491 g/mol. The number of nitrogens with zero attached hydrogens (tertiary/aromatic N) is 4. The van der Waals surface area contributed by atoms with Crippen molar-refractivity contribution in [3.63, 3.8) is 0 Å². The van der Waals surface area contributed by atoms with Gasteiger partial charge in [0.1, 0.15) is 6.67 Å². The summed E-state index contributed by atoms with van der Waals surface area (Å²) in [6.45, 7) is 1.79. The van der Waals surface area contributed by atoms with Gasteiger partial charge in [-0.25, -0.2) is 22.1 Å². The zero-order valence-corrected chi connectivity index (χ0v) is 20.0. The molecule has 7 nitrogen and oxygen atoms in total. The number of nitrogens with one attached hydrogen (secondary N) is 1. The van der Waals surface area contributed by atoms with Crippen LogP contribution in [0.15, 0.2) is 83.8 Å². The number of hydrogen-bond donors (Lipinski definition) is 1. The number of sulfonamides is 1. The molecule has 180 valence electrons. The fourth-order valence-corrected chi connectivity index (χ4v) is 5.65. The van der Waals surface area contributed by atoms with Crippen LogP contribution in [0.25, 0.3) is 22.0 Å². The first-order valence-electron chi connectivity index (χ1n) is 11.5. The fourth-order valence-electron chi connectivity index (χ4n) is 4.24. The Bertz CT molecular complexity index is 1410. The third kappa shape index (κ3) is 4.69. The van der Waals surface area contributed by atoms with E-state index in [9.17, 15) is 12.8 Å². The second-order valence-corrected chi connectivity index (χ2v) is 10.1. The summed E-state index contributed by atoms with van der Waals surface area (Å²) in [5, 5.41) is 3.85. The highest BCUT2D eigenvalue weighted by Crippen LogP contribution is 2.31. The Morgan fingerprint density at radius 1 is 0.857 bits per heavy atom. The van der Waals surface area contributed by atoms with Crippen LogP contribution in [0.2, 0.25) is 0 Å². The number of benzene rings is 3. The highest BCUT2D eigenvalue weighted by Gasteiger charge is 2.29. The van der Waals surface area contributed by atoms with Crippen LogP contribution in [-0.4, -0.2) is 57.8 Å². The molecule has 1 aliphatic heterocycles. The van der Waals surface area contributed by atoms with Crippen molar-refractivity contribution in [2.75, 3.05) is 48.6 Å².